The van der Waals surface area contributed by atoms with Gasteiger partial charge >= 0.3 is 11.7 Å². The zero-order valence-electron chi connectivity index (χ0n) is 4.80. The summed E-state index contributed by atoms with van der Waals surface area (Å²) in [5.41, 5.74) is 0. The van der Waals surface area contributed by atoms with Crippen LogP contribution < -0.4 is 0 Å². The van der Waals surface area contributed by atoms with Gasteiger partial charge in [-0.2, -0.15) is 0 Å². The number of benzene rings is 1. The molecule has 0 aliphatic rings. The molecule has 0 bridgehead atoms. The largest absolute Gasteiger partial charge is 0.505 e. The standard InChI is InChI=1S/C6H3F2OS/c7-4-1-5(8)3-6(2-4)10-9/h1-3H/q+1. The number of halogens is 2. The summed E-state index contributed by atoms with van der Waals surface area (Å²) in [4.78, 5) is 0.0532. The van der Waals surface area contributed by atoms with Crippen molar-refractivity contribution in [2.75, 3.05) is 0 Å². The van der Waals surface area contributed by atoms with E-state index < -0.39 is 11.6 Å². The van der Waals surface area contributed by atoms with Gasteiger partial charge in [0.05, 0.1) is 0 Å². The van der Waals surface area contributed by atoms with Gasteiger partial charge in [-0.3, -0.25) is 0 Å². The lowest BCUT2D eigenvalue weighted by Crippen LogP contribution is -1.81. The Kier molecular flexibility index (Phi) is 2.01. The Bertz CT molecular complexity index is 242. The monoisotopic (exact) mass is 161 g/mol. The third-order valence-electron chi connectivity index (χ3n) is 0.932. The molecule has 4 heteroatoms. The average molecular weight is 161 g/mol. The van der Waals surface area contributed by atoms with Crippen molar-refractivity contribution in [1.82, 2.24) is 0 Å². The van der Waals surface area contributed by atoms with E-state index in [4.69, 9.17) is 0 Å². The van der Waals surface area contributed by atoms with Crippen LogP contribution in [0.5, 0.6) is 0 Å². The van der Waals surface area contributed by atoms with Crippen LogP contribution in [-0.2, 0) is 15.9 Å². The third-order valence-corrected chi connectivity index (χ3v) is 1.36. The molecule has 0 atom stereocenters. The van der Waals surface area contributed by atoms with Gasteiger partial charge in [0.1, 0.15) is 11.6 Å². The number of hydrogen-bond donors (Lipinski definition) is 0. The van der Waals surface area contributed by atoms with Gasteiger partial charge in [0, 0.05) is 22.4 Å². The fourth-order valence-corrected chi connectivity index (χ4v) is 0.898. The minimum atomic E-state index is -0.724. The summed E-state index contributed by atoms with van der Waals surface area (Å²) in [6.45, 7) is 0. The third kappa shape index (κ3) is 1.54. The van der Waals surface area contributed by atoms with Crippen molar-refractivity contribution in [2.24, 2.45) is 0 Å². The van der Waals surface area contributed by atoms with E-state index in [9.17, 15) is 13.0 Å². The molecule has 0 spiro atoms. The maximum absolute atomic E-state index is 12.2. The predicted molar refractivity (Wildman–Crippen MR) is 32.7 cm³/mol. The van der Waals surface area contributed by atoms with Crippen LogP contribution in [0.1, 0.15) is 0 Å². The summed E-state index contributed by atoms with van der Waals surface area (Å²) in [7, 11) is 0. The first-order chi connectivity index (χ1) is 4.72. The number of hydrogen-bond acceptors (Lipinski definition) is 1. The summed E-state index contributed by atoms with van der Waals surface area (Å²) in [6, 6.07) is 2.70. The minimum Gasteiger partial charge on any atom is -0.207 e. The molecule has 0 radical (unpaired) electrons. The molecule has 1 aromatic carbocycles. The zero-order chi connectivity index (χ0) is 7.56. The summed E-state index contributed by atoms with van der Waals surface area (Å²) < 4.78 is 34.5. The van der Waals surface area contributed by atoms with E-state index >= 15 is 0 Å². The second kappa shape index (κ2) is 2.79. The van der Waals surface area contributed by atoms with Gasteiger partial charge in [-0.15, -0.1) is 0 Å². The van der Waals surface area contributed by atoms with Crippen molar-refractivity contribution in [3.63, 3.8) is 0 Å². The fourth-order valence-electron chi connectivity index (χ4n) is 0.577. The lowest BCUT2D eigenvalue weighted by Gasteiger charge is -1.83. The van der Waals surface area contributed by atoms with Crippen LogP contribution in [0.2, 0.25) is 0 Å². The lowest BCUT2D eigenvalue weighted by molar-refractivity contribution is 0.573. The van der Waals surface area contributed by atoms with E-state index in [1.54, 1.807) is 0 Å². The molecule has 0 heterocycles. The molecule has 0 aliphatic heterocycles. The van der Waals surface area contributed by atoms with E-state index in [2.05, 4.69) is 0 Å². The molecule has 1 rings (SSSR count). The Morgan fingerprint density at radius 3 is 2.00 bits per heavy atom. The zero-order valence-corrected chi connectivity index (χ0v) is 5.62. The Labute approximate surface area is 60.2 Å². The van der Waals surface area contributed by atoms with Crippen LogP contribution in [0.15, 0.2) is 23.1 Å². The predicted octanol–water partition coefficient (Wildman–Crippen LogP) is 1.75. The Balaban J connectivity index is 3.18. The molecule has 0 aliphatic carbocycles. The van der Waals surface area contributed by atoms with Crippen molar-refractivity contribution < 1.29 is 13.0 Å². The van der Waals surface area contributed by atoms with Gasteiger partial charge in [-0.25, -0.2) is 8.78 Å². The molecule has 52 valence electrons. The molecular weight excluding hydrogens is 158 g/mol. The lowest BCUT2D eigenvalue weighted by atomic mass is 10.3. The van der Waals surface area contributed by atoms with Crippen molar-refractivity contribution in [3.05, 3.63) is 29.8 Å². The van der Waals surface area contributed by atoms with Crippen LogP contribution in [0.3, 0.4) is 0 Å². The second-order valence-electron chi connectivity index (χ2n) is 1.69. The fraction of sp³-hybridized carbons (Fsp3) is 0. The van der Waals surface area contributed by atoms with Crippen LogP contribution in [-0.4, -0.2) is 0 Å². The highest BCUT2D eigenvalue weighted by atomic mass is 32.1. The van der Waals surface area contributed by atoms with Crippen molar-refractivity contribution in [3.8, 4) is 0 Å². The van der Waals surface area contributed by atoms with Crippen molar-refractivity contribution >= 4 is 11.7 Å². The van der Waals surface area contributed by atoms with Crippen LogP contribution in [0, 0.1) is 11.6 Å². The molecule has 0 N–H and O–H groups in total. The van der Waals surface area contributed by atoms with E-state index in [0.29, 0.717) is 0 Å². The highest BCUT2D eigenvalue weighted by molar-refractivity contribution is 7.65. The SMILES string of the molecule is O=[S+]c1cc(F)cc(F)c1. The Morgan fingerprint density at radius 2 is 1.60 bits per heavy atom. The first-order valence-electron chi connectivity index (χ1n) is 2.48. The Hall–Kier alpha value is -0.900. The van der Waals surface area contributed by atoms with Gasteiger partial charge in [-0.05, 0) is 0 Å². The van der Waals surface area contributed by atoms with Gasteiger partial charge in [-0.1, -0.05) is 0 Å². The molecule has 0 aromatic heterocycles. The van der Waals surface area contributed by atoms with Crippen LogP contribution in [0.4, 0.5) is 8.78 Å². The maximum Gasteiger partial charge on any atom is 0.505 e. The summed E-state index contributed by atoms with van der Waals surface area (Å²) >= 11 is 0.0671. The second-order valence-corrected chi connectivity index (χ2v) is 2.33. The van der Waals surface area contributed by atoms with Gasteiger partial charge in [0.15, 0.2) is 0 Å². The normalized spacial score (nSPS) is 9.40. The van der Waals surface area contributed by atoms with Gasteiger partial charge in [0.2, 0.25) is 0 Å². The molecule has 0 saturated heterocycles. The Morgan fingerprint density at radius 1 is 1.10 bits per heavy atom. The van der Waals surface area contributed by atoms with E-state index in [-0.39, 0.29) is 16.6 Å². The van der Waals surface area contributed by atoms with Gasteiger partial charge in [0.25, 0.3) is 4.90 Å². The quantitative estimate of drug-likeness (QED) is 0.573. The molecule has 1 nitrogen and oxygen atoms in total. The first kappa shape index (κ1) is 7.21. The highest BCUT2D eigenvalue weighted by Gasteiger charge is 2.09. The smallest absolute Gasteiger partial charge is 0.207 e. The molecule has 0 fully saturated rings. The van der Waals surface area contributed by atoms with E-state index in [0.717, 1.165) is 18.2 Å². The van der Waals surface area contributed by atoms with E-state index in [1.807, 2.05) is 0 Å². The topological polar surface area (TPSA) is 17.1 Å². The molecule has 0 saturated carbocycles. The molecular formula is C6H3F2OS+. The van der Waals surface area contributed by atoms with Crippen molar-refractivity contribution in [2.45, 2.75) is 4.90 Å². The van der Waals surface area contributed by atoms with Gasteiger partial charge < -0.3 is 0 Å². The average Bonchev–Trinajstić information content (AvgIpc) is 1.85. The molecule has 0 unspecified atom stereocenters. The number of rotatable bonds is 1. The summed E-state index contributed by atoms with van der Waals surface area (Å²) in [6.07, 6.45) is 0. The highest BCUT2D eigenvalue weighted by Crippen LogP contribution is 2.06. The molecule has 0 amide bonds. The van der Waals surface area contributed by atoms with Crippen LogP contribution >= 0.6 is 0 Å². The molecule has 1 aromatic rings. The summed E-state index contributed by atoms with van der Waals surface area (Å²) in [5, 5.41) is 0. The molecule has 10 heavy (non-hydrogen) atoms. The van der Waals surface area contributed by atoms with Crippen molar-refractivity contribution in [1.29, 1.82) is 0 Å². The van der Waals surface area contributed by atoms with E-state index in [1.165, 1.54) is 0 Å². The van der Waals surface area contributed by atoms with Crippen LogP contribution in [0.25, 0.3) is 0 Å². The summed E-state index contributed by atoms with van der Waals surface area (Å²) in [5.74, 6) is -1.45. The first-order valence-corrected chi connectivity index (χ1v) is 3.22. The minimum absolute atomic E-state index is 0.0532. The maximum atomic E-state index is 12.2.